The quantitative estimate of drug-likeness (QED) is 0.208. The monoisotopic (exact) mass is 534 g/mol. The van der Waals surface area contributed by atoms with E-state index in [2.05, 4.69) is 123 Å². The number of hydrogen-bond acceptors (Lipinski definition) is 1. The van der Waals surface area contributed by atoms with Crippen LogP contribution in [0.25, 0.3) is 71.0 Å². The second kappa shape index (κ2) is 9.24. The minimum absolute atomic E-state index is 0.634. The first-order chi connectivity index (χ1) is 20.8. The van der Waals surface area contributed by atoms with Crippen LogP contribution in [0.2, 0.25) is 0 Å². The van der Waals surface area contributed by atoms with Crippen LogP contribution < -0.4 is 0 Å². The Labute approximate surface area is 242 Å². The first-order valence-electron chi connectivity index (χ1n) is 13.8. The molecule has 2 aromatic heterocycles. The second-order valence-corrected chi connectivity index (χ2v) is 10.4. The molecule has 0 amide bonds. The smallest absolute Gasteiger partial charge is 0.188 e. The van der Waals surface area contributed by atoms with Crippen LogP contribution in [0, 0.1) is 17.9 Å². The molecule has 0 saturated heterocycles. The van der Waals surface area contributed by atoms with Gasteiger partial charge in [0, 0.05) is 27.3 Å². The predicted octanol–water partition coefficient (Wildman–Crippen LogP) is 9.97. The summed E-state index contributed by atoms with van der Waals surface area (Å²) in [5.41, 5.74) is 9.94. The zero-order valence-corrected chi connectivity index (χ0v) is 22.5. The molecule has 2 heterocycles. The second-order valence-electron chi connectivity index (χ2n) is 10.4. The fourth-order valence-corrected chi connectivity index (χ4v) is 6.38. The molecule has 0 bridgehead atoms. The summed E-state index contributed by atoms with van der Waals surface area (Å²) in [5, 5.41) is 14.0. The number of nitriles is 1. The van der Waals surface area contributed by atoms with Gasteiger partial charge in [0.15, 0.2) is 5.69 Å². The maximum Gasteiger partial charge on any atom is 0.188 e. The maximum absolute atomic E-state index is 9.61. The fourth-order valence-electron chi connectivity index (χ4n) is 6.38. The highest BCUT2D eigenvalue weighted by Crippen LogP contribution is 2.41. The Bertz CT molecular complexity index is 2270. The lowest BCUT2D eigenvalue weighted by molar-refractivity contribution is 1.16. The molecule has 0 radical (unpaired) electrons. The third kappa shape index (κ3) is 3.40. The summed E-state index contributed by atoms with van der Waals surface area (Å²) in [6.45, 7) is 7.57. The molecular weight excluding hydrogens is 512 g/mol. The number of fused-ring (bicyclic) bond motifs is 6. The van der Waals surface area contributed by atoms with Crippen LogP contribution in [0.5, 0.6) is 0 Å². The number of nitrogens with zero attached hydrogens (tertiary/aromatic N) is 4. The summed E-state index contributed by atoms with van der Waals surface area (Å²) in [7, 11) is 0. The fraction of sp³-hybridized carbons (Fsp3) is 0. The van der Waals surface area contributed by atoms with Gasteiger partial charge in [0.05, 0.1) is 51.6 Å². The van der Waals surface area contributed by atoms with Gasteiger partial charge in [0.2, 0.25) is 0 Å². The van der Waals surface area contributed by atoms with E-state index in [9.17, 15) is 5.26 Å². The highest BCUT2D eigenvalue weighted by Gasteiger charge is 2.20. The average Bonchev–Trinajstić information content (AvgIpc) is 3.56. The first-order valence-corrected chi connectivity index (χ1v) is 13.8. The standard InChI is InChI=1S/C38H22N4/c1-40-26-19-21-38-32(23-26)30-13-5-9-17-36(30)42(38)34-15-7-3-11-28(34)27-10-2-6-14-33(27)41-35-16-8-4-12-29(35)31-22-25(24-39)18-20-37(31)41/h2-23H. The summed E-state index contributed by atoms with van der Waals surface area (Å²) in [4.78, 5) is 3.70. The largest absolute Gasteiger partial charge is 0.309 e. The molecule has 6 aromatic carbocycles. The van der Waals surface area contributed by atoms with E-state index in [4.69, 9.17) is 6.57 Å². The Hall–Kier alpha value is -6.10. The van der Waals surface area contributed by atoms with Gasteiger partial charge in [-0.15, -0.1) is 0 Å². The maximum atomic E-state index is 9.61. The van der Waals surface area contributed by atoms with Gasteiger partial charge < -0.3 is 9.13 Å². The summed E-state index contributed by atoms with van der Waals surface area (Å²) in [6, 6.07) is 48.0. The lowest BCUT2D eigenvalue weighted by Gasteiger charge is -2.18. The third-order valence-electron chi connectivity index (χ3n) is 8.17. The summed E-state index contributed by atoms with van der Waals surface area (Å²) < 4.78 is 4.63. The molecule has 4 nitrogen and oxygen atoms in total. The number of para-hydroxylation sites is 4. The van der Waals surface area contributed by atoms with E-state index < -0.39 is 0 Å². The molecule has 0 spiro atoms. The van der Waals surface area contributed by atoms with E-state index in [1.807, 2.05) is 30.3 Å². The minimum atomic E-state index is 0.634. The van der Waals surface area contributed by atoms with Crippen LogP contribution in [-0.2, 0) is 0 Å². The summed E-state index contributed by atoms with van der Waals surface area (Å²) in [5.74, 6) is 0. The van der Waals surface area contributed by atoms with Crippen molar-refractivity contribution in [3.05, 3.63) is 150 Å². The Kier molecular flexibility index (Phi) is 5.22. The van der Waals surface area contributed by atoms with Crippen molar-refractivity contribution in [3.63, 3.8) is 0 Å². The highest BCUT2D eigenvalue weighted by atomic mass is 15.0. The van der Waals surface area contributed by atoms with E-state index in [1.54, 1.807) is 0 Å². The molecule has 0 aliphatic heterocycles. The minimum Gasteiger partial charge on any atom is -0.309 e. The molecular formula is C38H22N4. The molecule has 0 aliphatic rings. The molecule has 0 N–H and O–H groups in total. The van der Waals surface area contributed by atoms with E-state index in [0.717, 1.165) is 66.1 Å². The Balaban J connectivity index is 1.45. The van der Waals surface area contributed by atoms with E-state index in [-0.39, 0.29) is 0 Å². The van der Waals surface area contributed by atoms with Crippen molar-refractivity contribution in [2.75, 3.05) is 0 Å². The van der Waals surface area contributed by atoms with Crippen molar-refractivity contribution in [3.8, 4) is 28.6 Å². The highest BCUT2D eigenvalue weighted by molar-refractivity contribution is 6.12. The first kappa shape index (κ1) is 23.8. The Morgan fingerprint density at radius 3 is 1.55 bits per heavy atom. The van der Waals surface area contributed by atoms with E-state index in [1.165, 1.54) is 0 Å². The molecule has 4 heteroatoms. The molecule has 0 saturated carbocycles. The molecule has 0 aliphatic carbocycles. The molecule has 8 aromatic rings. The SMILES string of the molecule is [C-]#[N+]c1ccc2c(c1)c1ccccc1n2-c1ccccc1-c1ccccc1-n1c2ccccc2c2cc(C#N)ccc21. The molecule has 8 rings (SSSR count). The van der Waals surface area contributed by atoms with Crippen molar-refractivity contribution in [1.82, 2.24) is 9.13 Å². The van der Waals surface area contributed by atoms with Crippen LogP contribution in [0.15, 0.2) is 133 Å². The molecule has 0 atom stereocenters. The van der Waals surface area contributed by atoms with Crippen molar-refractivity contribution in [1.29, 1.82) is 5.26 Å². The molecule has 0 fully saturated rings. The van der Waals surface area contributed by atoms with E-state index in [0.29, 0.717) is 11.3 Å². The van der Waals surface area contributed by atoms with Gasteiger partial charge in [-0.1, -0.05) is 78.9 Å². The van der Waals surface area contributed by atoms with Crippen molar-refractivity contribution in [2.24, 2.45) is 0 Å². The van der Waals surface area contributed by atoms with Crippen LogP contribution in [0.3, 0.4) is 0 Å². The van der Waals surface area contributed by atoms with Gasteiger partial charge in [-0.25, -0.2) is 4.85 Å². The van der Waals surface area contributed by atoms with Crippen molar-refractivity contribution < 1.29 is 0 Å². The van der Waals surface area contributed by atoms with Crippen molar-refractivity contribution in [2.45, 2.75) is 0 Å². The van der Waals surface area contributed by atoms with Crippen molar-refractivity contribution >= 4 is 49.3 Å². The Morgan fingerprint density at radius 2 is 0.976 bits per heavy atom. The number of hydrogen-bond donors (Lipinski definition) is 0. The average molecular weight is 535 g/mol. The topological polar surface area (TPSA) is 38.0 Å². The number of rotatable bonds is 3. The number of benzene rings is 6. The van der Waals surface area contributed by atoms with E-state index >= 15 is 0 Å². The Morgan fingerprint density at radius 1 is 0.500 bits per heavy atom. The molecule has 0 unspecified atom stereocenters. The lowest BCUT2D eigenvalue weighted by Crippen LogP contribution is -2.01. The lowest BCUT2D eigenvalue weighted by atomic mass is 10.0. The zero-order valence-electron chi connectivity index (χ0n) is 22.5. The number of aromatic nitrogens is 2. The normalized spacial score (nSPS) is 11.3. The van der Waals surface area contributed by atoms with Gasteiger partial charge in [-0.05, 0) is 60.0 Å². The third-order valence-corrected chi connectivity index (χ3v) is 8.17. The van der Waals surface area contributed by atoms with Crippen LogP contribution in [-0.4, -0.2) is 9.13 Å². The van der Waals surface area contributed by atoms with Crippen LogP contribution >= 0.6 is 0 Å². The zero-order chi connectivity index (χ0) is 28.2. The van der Waals surface area contributed by atoms with Crippen LogP contribution in [0.1, 0.15) is 5.56 Å². The van der Waals surface area contributed by atoms with Gasteiger partial charge >= 0.3 is 0 Å². The molecule has 194 valence electrons. The summed E-state index contributed by atoms with van der Waals surface area (Å²) >= 11 is 0. The van der Waals surface area contributed by atoms with Gasteiger partial charge in [-0.2, -0.15) is 5.26 Å². The van der Waals surface area contributed by atoms with Gasteiger partial charge in [0.1, 0.15) is 0 Å². The van der Waals surface area contributed by atoms with Gasteiger partial charge in [-0.3, -0.25) is 0 Å². The molecule has 42 heavy (non-hydrogen) atoms. The van der Waals surface area contributed by atoms with Gasteiger partial charge in [0.25, 0.3) is 0 Å². The predicted molar refractivity (Wildman–Crippen MR) is 172 cm³/mol. The summed E-state index contributed by atoms with van der Waals surface area (Å²) in [6.07, 6.45) is 0. The van der Waals surface area contributed by atoms with Crippen LogP contribution in [0.4, 0.5) is 5.69 Å².